The number of alkyl halides is 3. The Hall–Kier alpha value is -4.16. The molecule has 0 aliphatic heterocycles. The quantitative estimate of drug-likeness (QED) is 0.441. The van der Waals surface area contributed by atoms with Gasteiger partial charge in [0, 0.05) is 17.7 Å². The number of benzene rings is 2. The Kier molecular flexibility index (Phi) is 7.49. The molecule has 31 heavy (non-hydrogen) atoms. The maximum Gasteiger partial charge on any atom is 0.416 e. The van der Waals surface area contributed by atoms with Gasteiger partial charge in [0.2, 0.25) is 0 Å². The summed E-state index contributed by atoms with van der Waals surface area (Å²) in [6.07, 6.45) is -4.56. The number of carbonyl (C=O) groups is 3. The van der Waals surface area contributed by atoms with Crippen LogP contribution in [-0.4, -0.2) is 35.8 Å². The number of rotatable bonds is 7. The Balaban J connectivity index is 1.75. The molecule has 3 amide bonds. The van der Waals surface area contributed by atoms with Crippen molar-refractivity contribution in [3.8, 4) is 5.75 Å². The number of nitro groups is 1. The second-order valence-corrected chi connectivity index (χ2v) is 5.90. The van der Waals surface area contributed by atoms with E-state index < -0.39 is 47.5 Å². The lowest BCUT2D eigenvalue weighted by atomic mass is 10.2. The van der Waals surface area contributed by atoms with E-state index in [1.165, 1.54) is 24.3 Å². The SMILES string of the molecule is O=C(CNC(=O)c1cccc([N+](=O)[O-])c1)NNC(=O)COc1cccc(C(F)(F)F)c1. The second kappa shape index (κ2) is 10.0. The highest BCUT2D eigenvalue weighted by atomic mass is 19.4. The molecule has 0 radical (unpaired) electrons. The predicted molar refractivity (Wildman–Crippen MR) is 98.7 cm³/mol. The van der Waals surface area contributed by atoms with Crippen LogP contribution in [0.4, 0.5) is 18.9 Å². The normalized spacial score (nSPS) is 10.7. The highest BCUT2D eigenvalue weighted by molar-refractivity contribution is 5.97. The van der Waals surface area contributed by atoms with E-state index in [2.05, 4.69) is 5.32 Å². The third-order valence-electron chi connectivity index (χ3n) is 3.60. The van der Waals surface area contributed by atoms with Crippen molar-refractivity contribution in [1.82, 2.24) is 16.2 Å². The average Bonchev–Trinajstić information content (AvgIpc) is 2.74. The van der Waals surface area contributed by atoms with Gasteiger partial charge in [-0.3, -0.25) is 35.3 Å². The number of hydrogen-bond acceptors (Lipinski definition) is 6. The van der Waals surface area contributed by atoms with Crippen molar-refractivity contribution in [2.24, 2.45) is 0 Å². The van der Waals surface area contributed by atoms with Gasteiger partial charge >= 0.3 is 6.18 Å². The van der Waals surface area contributed by atoms with Gasteiger partial charge in [-0.05, 0) is 24.3 Å². The standard InChI is InChI=1S/C18H15F3N4O6/c19-18(20,21)12-4-2-6-14(8-12)31-10-16(27)24-23-15(26)9-22-17(28)11-3-1-5-13(7-11)25(29)30/h1-8H,9-10H2,(H,22,28)(H,23,26)(H,24,27). The first-order chi connectivity index (χ1) is 14.6. The molecule has 0 aliphatic rings. The molecular formula is C18H15F3N4O6. The zero-order valence-corrected chi connectivity index (χ0v) is 15.6. The maximum absolute atomic E-state index is 12.6. The van der Waals surface area contributed by atoms with Crippen LogP contribution < -0.4 is 20.9 Å². The zero-order chi connectivity index (χ0) is 23.0. The summed E-state index contributed by atoms with van der Waals surface area (Å²) in [5.74, 6) is -2.64. The number of amides is 3. The van der Waals surface area contributed by atoms with Crippen LogP contribution in [0.2, 0.25) is 0 Å². The molecule has 2 aromatic rings. The van der Waals surface area contributed by atoms with Gasteiger partial charge in [-0.2, -0.15) is 13.2 Å². The molecule has 0 bridgehead atoms. The zero-order valence-electron chi connectivity index (χ0n) is 15.6. The molecule has 0 fully saturated rings. The van der Waals surface area contributed by atoms with Crippen molar-refractivity contribution >= 4 is 23.4 Å². The molecule has 0 heterocycles. The lowest BCUT2D eigenvalue weighted by Crippen LogP contribution is -2.47. The molecule has 0 aliphatic carbocycles. The summed E-state index contributed by atoms with van der Waals surface area (Å²) in [7, 11) is 0. The van der Waals surface area contributed by atoms with Crippen molar-refractivity contribution in [2.75, 3.05) is 13.2 Å². The lowest BCUT2D eigenvalue weighted by molar-refractivity contribution is -0.384. The van der Waals surface area contributed by atoms with E-state index in [9.17, 15) is 37.7 Å². The van der Waals surface area contributed by atoms with Crippen LogP contribution in [0.3, 0.4) is 0 Å². The van der Waals surface area contributed by atoms with Crippen LogP contribution in [0.5, 0.6) is 5.75 Å². The van der Waals surface area contributed by atoms with E-state index in [-0.39, 0.29) is 17.0 Å². The molecule has 2 aromatic carbocycles. The molecular weight excluding hydrogens is 425 g/mol. The minimum Gasteiger partial charge on any atom is -0.484 e. The van der Waals surface area contributed by atoms with E-state index in [0.717, 1.165) is 24.3 Å². The molecule has 0 unspecified atom stereocenters. The molecule has 13 heteroatoms. The number of hydrogen-bond donors (Lipinski definition) is 3. The summed E-state index contributed by atoms with van der Waals surface area (Å²) in [6.45, 7) is -1.24. The summed E-state index contributed by atoms with van der Waals surface area (Å²) < 4.78 is 42.8. The first kappa shape index (κ1) is 23.1. The number of ether oxygens (including phenoxy) is 1. The van der Waals surface area contributed by atoms with Gasteiger partial charge in [-0.25, -0.2) is 0 Å². The Morgan fingerprint density at radius 2 is 1.68 bits per heavy atom. The summed E-state index contributed by atoms with van der Waals surface area (Å²) in [5.41, 5.74) is 2.64. The third-order valence-corrected chi connectivity index (χ3v) is 3.60. The Labute approximate surface area is 172 Å². The number of halogens is 3. The number of carbonyl (C=O) groups excluding carboxylic acids is 3. The molecule has 0 atom stereocenters. The molecule has 10 nitrogen and oxygen atoms in total. The topological polar surface area (TPSA) is 140 Å². The van der Waals surface area contributed by atoms with Crippen LogP contribution in [0.25, 0.3) is 0 Å². The van der Waals surface area contributed by atoms with Gasteiger partial charge in [-0.1, -0.05) is 12.1 Å². The van der Waals surface area contributed by atoms with Crippen LogP contribution >= 0.6 is 0 Å². The fourth-order valence-corrected chi connectivity index (χ4v) is 2.15. The highest BCUT2D eigenvalue weighted by Crippen LogP contribution is 2.31. The second-order valence-electron chi connectivity index (χ2n) is 5.90. The number of non-ortho nitro benzene ring substituents is 1. The van der Waals surface area contributed by atoms with Crippen molar-refractivity contribution in [2.45, 2.75) is 6.18 Å². The van der Waals surface area contributed by atoms with E-state index in [4.69, 9.17) is 4.74 Å². The van der Waals surface area contributed by atoms with Gasteiger partial charge in [0.05, 0.1) is 17.0 Å². The van der Waals surface area contributed by atoms with E-state index >= 15 is 0 Å². The van der Waals surface area contributed by atoms with Crippen LogP contribution in [0, 0.1) is 10.1 Å². The number of nitrogens with one attached hydrogen (secondary N) is 3. The Morgan fingerprint density at radius 1 is 1.00 bits per heavy atom. The smallest absolute Gasteiger partial charge is 0.416 e. The molecule has 0 saturated heterocycles. The molecule has 3 N–H and O–H groups in total. The fraction of sp³-hybridized carbons (Fsp3) is 0.167. The van der Waals surface area contributed by atoms with Gasteiger partial charge in [0.15, 0.2) is 6.61 Å². The fourth-order valence-electron chi connectivity index (χ4n) is 2.15. The number of hydrazine groups is 1. The minimum absolute atomic E-state index is 0.0412. The molecule has 0 saturated carbocycles. The van der Waals surface area contributed by atoms with Crippen LogP contribution in [-0.2, 0) is 15.8 Å². The molecule has 0 aromatic heterocycles. The first-order valence-corrected chi connectivity index (χ1v) is 8.46. The number of nitrogens with zero attached hydrogens (tertiary/aromatic N) is 1. The predicted octanol–water partition coefficient (Wildman–Crippen LogP) is 1.57. The Morgan fingerprint density at radius 3 is 2.35 bits per heavy atom. The van der Waals surface area contributed by atoms with Crippen molar-refractivity contribution in [3.63, 3.8) is 0 Å². The Bertz CT molecular complexity index is 996. The lowest BCUT2D eigenvalue weighted by Gasteiger charge is -2.11. The van der Waals surface area contributed by atoms with Crippen molar-refractivity contribution in [1.29, 1.82) is 0 Å². The van der Waals surface area contributed by atoms with Gasteiger partial charge in [-0.15, -0.1) is 0 Å². The van der Waals surface area contributed by atoms with Gasteiger partial charge < -0.3 is 10.1 Å². The van der Waals surface area contributed by atoms with Crippen molar-refractivity contribution < 1.29 is 37.2 Å². The molecule has 0 spiro atoms. The summed E-state index contributed by atoms with van der Waals surface area (Å²) in [6, 6.07) is 8.74. The van der Waals surface area contributed by atoms with Crippen LogP contribution in [0.15, 0.2) is 48.5 Å². The average molecular weight is 440 g/mol. The molecule has 164 valence electrons. The third kappa shape index (κ3) is 7.30. The van der Waals surface area contributed by atoms with Crippen LogP contribution in [0.1, 0.15) is 15.9 Å². The minimum atomic E-state index is -4.56. The number of nitro benzene ring substituents is 1. The maximum atomic E-state index is 12.6. The highest BCUT2D eigenvalue weighted by Gasteiger charge is 2.30. The van der Waals surface area contributed by atoms with Gasteiger partial charge in [0.1, 0.15) is 5.75 Å². The van der Waals surface area contributed by atoms with E-state index in [1.807, 2.05) is 10.9 Å². The summed E-state index contributed by atoms with van der Waals surface area (Å²) >= 11 is 0. The largest absolute Gasteiger partial charge is 0.484 e. The first-order valence-electron chi connectivity index (χ1n) is 8.46. The summed E-state index contributed by atoms with van der Waals surface area (Å²) in [4.78, 5) is 45.3. The van der Waals surface area contributed by atoms with E-state index in [1.54, 1.807) is 0 Å². The van der Waals surface area contributed by atoms with Gasteiger partial charge in [0.25, 0.3) is 23.4 Å². The van der Waals surface area contributed by atoms with Crippen molar-refractivity contribution in [3.05, 3.63) is 69.8 Å². The molecule has 2 rings (SSSR count). The summed E-state index contributed by atoms with van der Waals surface area (Å²) in [5, 5.41) is 12.9. The van der Waals surface area contributed by atoms with E-state index in [0.29, 0.717) is 0 Å². The monoisotopic (exact) mass is 440 g/mol.